The van der Waals surface area contributed by atoms with Crippen molar-refractivity contribution in [3.63, 3.8) is 0 Å². The molecule has 0 spiro atoms. The second-order valence-corrected chi connectivity index (χ2v) is 3.65. The molecular weight excluding hydrogens is 258 g/mol. The normalized spacial score (nSPS) is 10.6. The van der Waals surface area contributed by atoms with E-state index in [-0.39, 0.29) is 42.1 Å². The molecule has 5 nitrogen and oxygen atoms in total. The van der Waals surface area contributed by atoms with E-state index in [0.717, 1.165) is 0 Å². The Morgan fingerprint density at radius 1 is 1.53 bits per heavy atom. The fourth-order valence-corrected chi connectivity index (χ4v) is 1.72. The molecule has 0 unspecified atom stereocenters. The predicted octanol–water partition coefficient (Wildman–Crippen LogP) is 1.59. The molecule has 0 aliphatic rings. The zero-order chi connectivity index (χ0) is 14.4. The molecule has 0 saturated carbocycles. The topological polar surface area (TPSA) is 74.4 Å². The lowest BCUT2D eigenvalue weighted by atomic mass is 10.0. The highest BCUT2D eigenvalue weighted by Crippen LogP contribution is 2.33. The van der Waals surface area contributed by atoms with E-state index in [1.54, 1.807) is 6.92 Å². The van der Waals surface area contributed by atoms with Crippen molar-refractivity contribution in [3.8, 4) is 5.75 Å². The van der Waals surface area contributed by atoms with E-state index < -0.39 is 12.4 Å². The van der Waals surface area contributed by atoms with Crippen molar-refractivity contribution in [2.45, 2.75) is 26.3 Å². The van der Waals surface area contributed by atoms with Gasteiger partial charge >= 0.3 is 5.97 Å². The van der Waals surface area contributed by atoms with Gasteiger partial charge in [0, 0.05) is 6.54 Å². The van der Waals surface area contributed by atoms with E-state index in [2.05, 4.69) is 4.98 Å². The van der Waals surface area contributed by atoms with Gasteiger partial charge in [0.2, 0.25) is 0 Å². The molecule has 0 bridgehead atoms. The summed E-state index contributed by atoms with van der Waals surface area (Å²) < 4.78 is 35.9. The summed E-state index contributed by atoms with van der Waals surface area (Å²) in [6.45, 7) is 1.77. The molecule has 1 heterocycles. The van der Waals surface area contributed by atoms with Crippen molar-refractivity contribution in [1.82, 2.24) is 4.98 Å². The fraction of sp³-hybridized carbons (Fsp3) is 0.500. The molecule has 0 fully saturated rings. The fourth-order valence-electron chi connectivity index (χ4n) is 1.72. The molecule has 0 amide bonds. The van der Waals surface area contributed by atoms with Crippen LogP contribution in [0.15, 0.2) is 6.20 Å². The second kappa shape index (κ2) is 6.98. The summed E-state index contributed by atoms with van der Waals surface area (Å²) >= 11 is 0. The van der Waals surface area contributed by atoms with Crippen LogP contribution in [0.5, 0.6) is 5.75 Å². The van der Waals surface area contributed by atoms with E-state index in [9.17, 15) is 13.6 Å². The van der Waals surface area contributed by atoms with Crippen molar-refractivity contribution in [2.24, 2.45) is 5.73 Å². The molecule has 106 valence electrons. The molecule has 0 saturated heterocycles. The van der Waals surface area contributed by atoms with Crippen LogP contribution in [-0.4, -0.2) is 24.7 Å². The average molecular weight is 274 g/mol. The number of esters is 1. The Hall–Kier alpha value is -1.76. The maximum absolute atomic E-state index is 13.1. The number of aromatic nitrogens is 1. The first-order valence-corrected chi connectivity index (χ1v) is 5.73. The van der Waals surface area contributed by atoms with Crippen molar-refractivity contribution in [3.05, 3.63) is 23.0 Å². The van der Waals surface area contributed by atoms with Gasteiger partial charge in [-0.25, -0.2) is 8.78 Å². The number of ether oxygens (including phenoxy) is 2. The highest BCUT2D eigenvalue weighted by molar-refractivity contribution is 5.74. The van der Waals surface area contributed by atoms with Crippen LogP contribution in [0.4, 0.5) is 8.78 Å². The highest BCUT2D eigenvalue weighted by Gasteiger charge is 2.24. The Morgan fingerprint density at radius 3 is 2.68 bits per heavy atom. The van der Waals surface area contributed by atoms with E-state index in [1.807, 2.05) is 0 Å². The van der Waals surface area contributed by atoms with Gasteiger partial charge in [-0.15, -0.1) is 0 Å². The third kappa shape index (κ3) is 3.60. The molecule has 0 radical (unpaired) electrons. The van der Waals surface area contributed by atoms with Gasteiger partial charge in [-0.1, -0.05) is 0 Å². The number of hydrogen-bond acceptors (Lipinski definition) is 5. The number of halogens is 2. The largest absolute Gasteiger partial charge is 0.495 e. The molecule has 2 N–H and O–H groups in total. The SMILES string of the molecule is CCOC(=O)Cc1c(CN)ncc(OC)c1C(F)F. The number of carbonyl (C=O) groups is 1. The number of nitrogens with zero attached hydrogens (tertiary/aromatic N) is 1. The smallest absolute Gasteiger partial charge is 0.310 e. The summed E-state index contributed by atoms with van der Waals surface area (Å²) in [5.41, 5.74) is 5.42. The van der Waals surface area contributed by atoms with Crippen LogP contribution in [0.3, 0.4) is 0 Å². The quantitative estimate of drug-likeness (QED) is 0.797. The monoisotopic (exact) mass is 274 g/mol. The van der Waals surface area contributed by atoms with E-state index in [0.29, 0.717) is 0 Å². The van der Waals surface area contributed by atoms with E-state index in [4.69, 9.17) is 15.2 Å². The molecule has 0 aliphatic carbocycles. The third-order valence-corrected chi connectivity index (χ3v) is 2.53. The predicted molar refractivity (Wildman–Crippen MR) is 64.0 cm³/mol. The lowest BCUT2D eigenvalue weighted by Gasteiger charge is -2.15. The van der Waals surface area contributed by atoms with Gasteiger partial charge in [0.05, 0.1) is 37.6 Å². The molecule has 1 aromatic rings. The van der Waals surface area contributed by atoms with Crippen LogP contribution in [0.1, 0.15) is 30.2 Å². The maximum atomic E-state index is 13.1. The van der Waals surface area contributed by atoms with Crippen LogP contribution < -0.4 is 10.5 Å². The zero-order valence-corrected chi connectivity index (χ0v) is 10.8. The van der Waals surface area contributed by atoms with E-state index >= 15 is 0 Å². The van der Waals surface area contributed by atoms with E-state index in [1.165, 1.54) is 13.3 Å². The Balaban J connectivity index is 3.26. The van der Waals surface area contributed by atoms with Gasteiger partial charge < -0.3 is 15.2 Å². The second-order valence-electron chi connectivity index (χ2n) is 3.65. The number of pyridine rings is 1. The first-order chi connectivity index (χ1) is 9.04. The number of hydrogen-bond donors (Lipinski definition) is 1. The molecule has 0 atom stereocenters. The third-order valence-electron chi connectivity index (χ3n) is 2.53. The van der Waals surface area contributed by atoms with Crippen LogP contribution in [0.25, 0.3) is 0 Å². The van der Waals surface area contributed by atoms with Crippen LogP contribution in [0.2, 0.25) is 0 Å². The minimum absolute atomic E-state index is 0.0432. The molecule has 1 aromatic heterocycles. The molecule has 0 aliphatic heterocycles. The molecule has 7 heteroatoms. The molecule has 1 rings (SSSR count). The molecule has 19 heavy (non-hydrogen) atoms. The standard InChI is InChI=1S/C12H16F2N2O3/c1-3-19-10(17)4-7-8(5-15)16-6-9(18-2)11(7)12(13)14/h6,12H,3-5,15H2,1-2H3. The zero-order valence-electron chi connectivity index (χ0n) is 10.8. The first kappa shape index (κ1) is 15.3. The van der Waals surface area contributed by atoms with Crippen molar-refractivity contribution in [2.75, 3.05) is 13.7 Å². The Kier molecular flexibility index (Phi) is 5.62. The Bertz CT molecular complexity index is 453. The highest BCUT2D eigenvalue weighted by atomic mass is 19.3. The van der Waals surface area contributed by atoms with Crippen LogP contribution in [-0.2, 0) is 22.5 Å². The summed E-state index contributed by atoms with van der Waals surface area (Å²) in [4.78, 5) is 15.4. The summed E-state index contributed by atoms with van der Waals surface area (Å²) in [5, 5.41) is 0. The van der Waals surface area contributed by atoms with Crippen LogP contribution in [0, 0.1) is 0 Å². The van der Waals surface area contributed by atoms with Crippen molar-refractivity contribution in [1.29, 1.82) is 0 Å². The first-order valence-electron chi connectivity index (χ1n) is 5.73. The van der Waals surface area contributed by atoms with Gasteiger partial charge in [0.25, 0.3) is 6.43 Å². The summed E-state index contributed by atoms with van der Waals surface area (Å²) in [6.07, 6.45) is -1.91. The van der Waals surface area contributed by atoms with Gasteiger partial charge in [-0.3, -0.25) is 9.78 Å². The van der Waals surface area contributed by atoms with Crippen molar-refractivity contribution >= 4 is 5.97 Å². The number of carbonyl (C=O) groups excluding carboxylic acids is 1. The minimum Gasteiger partial charge on any atom is -0.495 e. The minimum atomic E-state index is -2.78. The summed E-state index contributed by atoms with van der Waals surface area (Å²) in [6, 6.07) is 0. The number of nitrogens with two attached hydrogens (primary N) is 1. The summed E-state index contributed by atoms with van der Waals surface area (Å²) in [7, 11) is 1.26. The number of alkyl halides is 2. The number of rotatable bonds is 6. The average Bonchev–Trinajstić information content (AvgIpc) is 2.37. The number of methoxy groups -OCH3 is 1. The lowest BCUT2D eigenvalue weighted by Crippen LogP contribution is -2.15. The lowest BCUT2D eigenvalue weighted by molar-refractivity contribution is -0.142. The van der Waals surface area contributed by atoms with Gasteiger partial charge in [-0.2, -0.15) is 0 Å². The maximum Gasteiger partial charge on any atom is 0.310 e. The Morgan fingerprint density at radius 2 is 2.21 bits per heavy atom. The van der Waals surface area contributed by atoms with Gasteiger partial charge in [-0.05, 0) is 12.5 Å². The molecule has 0 aromatic carbocycles. The molecular formula is C12H16F2N2O3. The Labute approximate surface area is 109 Å². The van der Waals surface area contributed by atoms with Gasteiger partial charge in [0.1, 0.15) is 5.75 Å². The van der Waals surface area contributed by atoms with Gasteiger partial charge in [0.15, 0.2) is 0 Å². The van der Waals surface area contributed by atoms with Crippen molar-refractivity contribution < 1.29 is 23.0 Å². The summed E-state index contributed by atoms with van der Waals surface area (Å²) in [5.74, 6) is -0.666. The van der Waals surface area contributed by atoms with Crippen LogP contribution >= 0.6 is 0 Å².